The average molecular weight is 220 g/mol. The summed E-state index contributed by atoms with van der Waals surface area (Å²) in [6.07, 6.45) is 0. The molecule has 1 aromatic carbocycles. The highest BCUT2D eigenvalue weighted by Crippen LogP contribution is 2.39. The monoisotopic (exact) mass is 220 g/mol. The normalized spacial score (nSPS) is 24.3. The molecule has 15 heavy (non-hydrogen) atoms. The van der Waals surface area contributed by atoms with Gasteiger partial charge in [0.2, 0.25) is 0 Å². The molecule has 2 aliphatic heterocycles. The summed E-state index contributed by atoms with van der Waals surface area (Å²) in [5.74, 6) is 1.29. The molecular weight excluding hydrogens is 204 g/mol. The molecule has 1 N–H and O–H groups in total. The standard InChI is InChI=1S/C12H16N2S/c1-2-4-11(5-3-1)8-14-6-7-15-12(14)9-13-10-12/h1-5,13H,6-10H2. The number of nitrogens with one attached hydrogen (secondary N) is 1. The number of nitrogens with zero attached hydrogens (tertiary/aromatic N) is 1. The molecule has 3 heteroatoms. The first-order valence-electron chi connectivity index (χ1n) is 5.53. The zero-order valence-electron chi connectivity index (χ0n) is 8.78. The van der Waals surface area contributed by atoms with Crippen molar-refractivity contribution in [3.05, 3.63) is 35.9 Å². The van der Waals surface area contributed by atoms with Gasteiger partial charge in [0.1, 0.15) is 0 Å². The van der Waals surface area contributed by atoms with E-state index >= 15 is 0 Å². The number of thioether (sulfide) groups is 1. The maximum atomic E-state index is 3.40. The zero-order valence-corrected chi connectivity index (χ0v) is 9.59. The molecule has 0 bridgehead atoms. The van der Waals surface area contributed by atoms with Crippen molar-refractivity contribution in [2.45, 2.75) is 11.4 Å². The molecule has 2 nitrogen and oxygen atoms in total. The summed E-state index contributed by atoms with van der Waals surface area (Å²) < 4.78 is 0. The number of hydrogen-bond acceptors (Lipinski definition) is 3. The van der Waals surface area contributed by atoms with E-state index in [4.69, 9.17) is 0 Å². The first-order valence-corrected chi connectivity index (χ1v) is 6.51. The largest absolute Gasteiger partial charge is 0.311 e. The Hall–Kier alpha value is -0.510. The third-order valence-corrected chi connectivity index (χ3v) is 4.80. The number of hydrogen-bond donors (Lipinski definition) is 1. The fourth-order valence-electron chi connectivity index (χ4n) is 2.33. The van der Waals surface area contributed by atoms with Crippen LogP contribution >= 0.6 is 11.8 Å². The van der Waals surface area contributed by atoms with Gasteiger partial charge in [0.05, 0.1) is 4.87 Å². The van der Waals surface area contributed by atoms with E-state index in [0.29, 0.717) is 4.87 Å². The van der Waals surface area contributed by atoms with Crippen molar-refractivity contribution in [1.82, 2.24) is 10.2 Å². The van der Waals surface area contributed by atoms with E-state index in [1.54, 1.807) is 0 Å². The van der Waals surface area contributed by atoms with Gasteiger partial charge >= 0.3 is 0 Å². The van der Waals surface area contributed by atoms with Crippen LogP contribution in [0.25, 0.3) is 0 Å². The van der Waals surface area contributed by atoms with Gasteiger partial charge in [-0.05, 0) is 5.56 Å². The zero-order chi connectivity index (χ0) is 10.1. The molecule has 2 aliphatic rings. The topological polar surface area (TPSA) is 15.3 Å². The van der Waals surface area contributed by atoms with Crippen molar-refractivity contribution in [2.75, 3.05) is 25.4 Å². The maximum absolute atomic E-state index is 3.40. The first-order chi connectivity index (χ1) is 7.39. The van der Waals surface area contributed by atoms with Crippen molar-refractivity contribution in [2.24, 2.45) is 0 Å². The second-order valence-electron chi connectivity index (χ2n) is 4.31. The fourth-order valence-corrected chi connectivity index (χ4v) is 3.77. The van der Waals surface area contributed by atoms with Gasteiger partial charge in [-0.2, -0.15) is 0 Å². The van der Waals surface area contributed by atoms with E-state index in [1.807, 2.05) is 0 Å². The van der Waals surface area contributed by atoms with Gasteiger partial charge in [-0.1, -0.05) is 30.3 Å². The maximum Gasteiger partial charge on any atom is 0.0925 e. The Morgan fingerprint density at radius 1 is 1.27 bits per heavy atom. The minimum atomic E-state index is 0.426. The Labute approximate surface area is 95.0 Å². The van der Waals surface area contributed by atoms with E-state index in [1.165, 1.54) is 17.9 Å². The van der Waals surface area contributed by atoms with Crippen LogP contribution in [0.4, 0.5) is 0 Å². The van der Waals surface area contributed by atoms with E-state index < -0.39 is 0 Å². The molecule has 0 atom stereocenters. The molecule has 2 heterocycles. The smallest absolute Gasteiger partial charge is 0.0925 e. The van der Waals surface area contributed by atoms with Crippen LogP contribution in [0.1, 0.15) is 5.56 Å². The molecular formula is C12H16N2S. The molecule has 2 fully saturated rings. The Bertz CT molecular complexity index is 335. The molecule has 1 aromatic rings. The van der Waals surface area contributed by atoms with Crippen molar-refractivity contribution < 1.29 is 0 Å². The van der Waals surface area contributed by atoms with E-state index in [9.17, 15) is 0 Å². The highest BCUT2D eigenvalue weighted by atomic mass is 32.2. The third kappa shape index (κ3) is 1.69. The minimum Gasteiger partial charge on any atom is -0.311 e. The second-order valence-corrected chi connectivity index (χ2v) is 5.76. The SMILES string of the molecule is c1ccc(CN2CCSC23CNC3)cc1. The molecule has 0 aliphatic carbocycles. The van der Waals surface area contributed by atoms with Crippen LogP contribution in [-0.4, -0.2) is 35.2 Å². The summed E-state index contributed by atoms with van der Waals surface area (Å²) in [5.41, 5.74) is 1.44. The molecule has 2 saturated heterocycles. The summed E-state index contributed by atoms with van der Waals surface area (Å²) >= 11 is 2.12. The first kappa shape index (κ1) is 9.70. The highest BCUT2D eigenvalue weighted by Gasteiger charge is 2.46. The molecule has 0 aromatic heterocycles. The van der Waals surface area contributed by atoms with Crippen molar-refractivity contribution in [3.8, 4) is 0 Å². The molecule has 3 rings (SSSR count). The van der Waals surface area contributed by atoms with Crippen LogP contribution < -0.4 is 5.32 Å². The number of benzene rings is 1. The van der Waals surface area contributed by atoms with Gasteiger partial charge < -0.3 is 5.32 Å². The van der Waals surface area contributed by atoms with Crippen molar-refractivity contribution in [3.63, 3.8) is 0 Å². The predicted molar refractivity (Wildman–Crippen MR) is 64.9 cm³/mol. The Morgan fingerprint density at radius 3 is 2.73 bits per heavy atom. The van der Waals surface area contributed by atoms with Gasteiger partial charge in [0, 0.05) is 31.9 Å². The van der Waals surface area contributed by atoms with Crippen LogP contribution in [0.2, 0.25) is 0 Å². The quantitative estimate of drug-likeness (QED) is 0.814. The minimum absolute atomic E-state index is 0.426. The van der Waals surface area contributed by atoms with Gasteiger partial charge in [-0.25, -0.2) is 0 Å². The molecule has 0 saturated carbocycles. The van der Waals surface area contributed by atoms with E-state index in [2.05, 4.69) is 52.3 Å². The molecule has 1 spiro atoms. The summed E-state index contributed by atoms with van der Waals surface area (Å²) in [4.78, 5) is 3.05. The van der Waals surface area contributed by atoms with E-state index in [0.717, 1.165) is 19.6 Å². The van der Waals surface area contributed by atoms with Gasteiger partial charge in [0.25, 0.3) is 0 Å². The Balaban J connectivity index is 1.73. The Kier molecular flexibility index (Phi) is 2.47. The summed E-state index contributed by atoms with van der Waals surface area (Å²) in [5, 5.41) is 3.40. The summed E-state index contributed by atoms with van der Waals surface area (Å²) in [6.45, 7) is 4.66. The molecule has 0 amide bonds. The highest BCUT2D eigenvalue weighted by molar-refractivity contribution is 8.01. The van der Waals surface area contributed by atoms with E-state index in [-0.39, 0.29) is 0 Å². The molecule has 0 unspecified atom stereocenters. The van der Waals surface area contributed by atoms with Crippen LogP contribution in [0, 0.1) is 0 Å². The lowest BCUT2D eigenvalue weighted by Gasteiger charge is -2.45. The second kappa shape index (κ2) is 3.81. The van der Waals surface area contributed by atoms with Crippen LogP contribution in [0.15, 0.2) is 30.3 Å². The average Bonchev–Trinajstić information content (AvgIpc) is 2.62. The number of rotatable bonds is 2. The van der Waals surface area contributed by atoms with Crippen molar-refractivity contribution >= 4 is 11.8 Å². The summed E-state index contributed by atoms with van der Waals surface area (Å²) in [6, 6.07) is 10.8. The lowest BCUT2D eigenvalue weighted by molar-refractivity contribution is 0.130. The van der Waals surface area contributed by atoms with Crippen LogP contribution in [0.5, 0.6) is 0 Å². The lowest BCUT2D eigenvalue weighted by Crippen LogP contribution is -2.64. The molecule has 0 radical (unpaired) electrons. The fraction of sp³-hybridized carbons (Fsp3) is 0.500. The van der Waals surface area contributed by atoms with Crippen molar-refractivity contribution in [1.29, 1.82) is 0 Å². The predicted octanol–water partition coefficient (Wildman–Crippen LogP) is 1.53. The molecule has 80 valence electrons. The lowest BCUT2D eigenvalue weighted by atomic mass is 10.1. The van der Waals surface area contributed by atoms with Gasteiger partial charge in [-0.15, -0.1) is 11.8 Å². The van der Waals surface area contributed by atoms with Crippen LogP contribution in [-0.2, 0) is 6.54 Å². The summed E-state index contributed by atoms with van der Waals surface area (Å²) in [7, 11) is 0. The van der Waals surface area contributed by atoms with Crippen LogP contribution in [0.3, 0.4) is 0 Å². The third-order valence-electron chi connectivity index (χ3n) is 3.33. The Morgan fingerprint density at radius 2 is 2.07 bits per heavy atom. The van der Waals surface area contributed by atoms with Gasteiger partial charge in [0.15, 0.2) is 0 Å². The van der Waals surface area contributed by atoms with Gasteiger partial charge in [-0.3, -0.25) is 4.90 Å².